The highest BCUT2D eigenvalue weighted by Crippen LogP contribution is 2.22. The Labute approximate surface area is 80.5 Å². The number of nitrogens with two attached hydrogens (primary N) is 1. The second-order valence-corrected chi connectivity index (χ2v) is 2.89. The number of amides is 1. The van der Waals surface area contributed by atoms with E-state index in [4.69, 9.17) is 10.7 Å². The normalized spacial score (nSPS) is 13.6. The third kappa shape index (κ3) is 1.45. The van der Waals surface area contributed by atoms with Crippen molar-refractivity contribution in [3.63, 3.8) is 0 Å². The predicted octanol–water partition coefficient (Wildman–Crippen LogP) is -0.0326. The molecule has 0 atom stereocenters. The van der Waals surface area contributed by atoms with E-state index in [0.717, 1.165) is 5.56 Å². The fraction of sp³-hybridized carbons (Fsp3) is 0.111. The highest BCUT2D eigenvalue weighted by molar-refractivity contribution is 6.39. The molecule has 5 heteroatoms. The number of nitrogens with one attached hydrogen (secondary N) is 1. The molecule has 0 radical (unpaired) electrons. The van der Waals surface area contributed by atoms with Gasteiger partial charge < -0.3 is 4.84 Å². The summed E-state index contributed by atoms with van der Waals surface area (Å²) in [5.74, 6) is 5.25. The maximum atomic E-state index is 11.1. The maximum absolute atomic E-state index is 11.1. The monoisotopic (exact) mass is 191 g/mol. The lowest BCUT2D eigenvalue weighted by molar-refractivity contribution is -0.115. The van der Waals surface area contributed by atoms with Crippen LogP contribution in [-0.4, -0.2) is 11.6 Å². The molecule has 0 unspecified atom stereocenters. The van der Waals surface area contributed by atoms with Crippen molar-refractivity contribution in [1.82, 2.24) is 5.43 Å². The van der Waals surface area contributed by atoms with Crippen molar-refractivity contribution in [3.8, 4) is 5.75 Å². The fourth-order valence-corrected chi connectivity index (χ4v) is 1.26. The minimum Gasteiger partial charge on any atom is -0.356 e. The Morgan fingerprint density at radius 2 is 2.29 bits per heavy atom. The zero-order valence-electron chi connectivity index (χ0n) is 7.36. The van der Waals surface area contributed by atoms with Crippen LogP contribution in [0.2, 0.25) is 0 Å². The van der Waals surface area contributed by atoms with Crippen molar-refractivity contribution in [2.24, 2.45) is 11.0 Å². The van der Waals surface area contributed by atoms with Gasteiger partial charge in [-0.05, 0) is 6.07 Å². The molecule has 1 amide bonds. The Hall–Kier alpha value is -1.88. The van der Waals surface area contributed by atoms with E-state index in [1.54, 1.807) is 6.07 Å². The fourth-order valence-electron chi connectivity index (χ4n) is 1.26. The molecule has 0 fully saturated rings. The SMILES string of the molecule is NNC(=O)C1=NOc2ccccc2C1. The van der Waals surface area contributed by atoms with E-state index in [1.807, 2.05) is 23.6 Å². The summed E-state index contributed by atoms with van der Waals surface area (Å²) in [5.41, 5.74) is 3.23. The van der Waals surface area contributed by atoms with Gasteiger partial charge in [0.05, 0.1) is 0 Å². The summed E-state index contributed by atoms with van der Waals surface area (Å²) in [5, 5.41) is 3.67. The molecule has 1 aliphatic heterocycles. The van der Waals surface area contributed by atoms with Gasteiger partial charge in [-0.1, -0.05) is 23.4 Å². The van der Waals surface area contributed by atoms with Gasteiger partial charge in [0, 0.05) is 12.0 Å². The smallest absolute Gasteiger partial charge is 0.283 e. The Bertz CT molecular complexity index is 401. The molecule has 14 heavy (non-hydrogen) atoms. The first-order chi connectivity index (χ1) is 6.81. The van der Waals surface area contributed by atoms with Gasteiger partial charge in [-0.2, -0.15) is 0 Å². The van der Waals surface area contributed by atoms with E-state index in [-0.39, 0.29) is 5.71 Å². The molecule has 1 heterocycles. The molecule has 0 bridgehead atoms. The lowest BCUT2D eigenvalue weighted by Crippen LogP contribution is -2.38. The van der Waals surface area contributed by atoms with Gasteiger partial charge in [-0.15, -0.1) is 0 Å². The number of carbonyl (C=O) groups is 1. The Kier molecular flexibility index (Phi) is 2.16. The Morgan fingerprint density at radius 1 is 1.50 bits per heavy atom. The second kappa shape index (κ2) is 3.47. The zero-order valence-corrected chi connectivity index (χ0v) is 7.36. The number of para-hydroxylation sites is 1. The first-order valence-corrected chi connectivity index (χ1v) is 4.14. The standard InChI is InChI=1S/C9H9N3O2/c10-11-9(13)7-5-6-3-1-2-4-8(6)14-12-7/h1-4H,5,10H2,(H,11,13). The Balaban J connectivity index is 2.25. The first-order valence-electron chi connectivity index (χ1n) is 4.14. The van der Waals surface area contributed by atoms with Crippen LogP contribution < -0.4 is 16.1 Å². The average Bonchev–Trinajstić information content (AvgIpc) is 2.27. The molecular formula is C9H9N3O2. The van der Waals surface area contributed by atoms with Crippen LogP contribution in [0.5, 0.6) is 5.75 Å². The quantitative estimate of drug-likeness (QED) is 0.371. The molecule has 0 spiro atoms. The van der Waals surface area contributed by atoms with Crippen molar-refractivity contribution < 1.29 is 9.63 Å². The van der Waals surface area contributed by atoms with Crippen molar-refractivity contribution in [2.45, 2.75) is 6.42 Å². The molecule has 1 aromatic carbocycles. The van der Waals surface area contributed by atoms with E-state index >= 15 is 0 Å². The number of hydrazine groups is 1. The lowest BCUT2D eigenvalue weighted by Gasteiger charge is -2.13. The van der Waals surface area contributed by atoms with E-state index in [1.165, 1.54) is 0 Å². The summed E-state index contributed by atoms with van der Waals surface area (Å²) in [6, 6.07) is 7.41. The molecule has 0 saturated heterocycles. The lowest BCUT2D eigenvalue weighted by atomic mass is 10.1. The largest absolute Gasteiger partial charge is 0.356 e. The van der Waals surface area contributed by atoms with E-state index in [0.29, 0.717) is 12.2 Å². The minimum absolute atomic E-state index is 0.284. The third-order valence-electron chi connectivity index (χ3n) is 1.98. The van der Waals surface area contributed by atoms with E-state index < -0.39 is 5.91 Å². The van der Waals surface area contributed by atoms with Gasteiger partial charge in [-0.25, -0.2) is 5.84 Å². The van der Waals surface area contributed by atoms with Crippen molar-refractivity contribution in [2.75, 3.05) is 0 Å². The van der Waals surface area contributed by atoms with Crippen molar-refractivity contribution >= 4 is 11.6 Å². The van der Waals surface area contributed by atoms with E-state index in [9.17, 15) is 4.79 Å². The van der Waals surface area contributed by atoms with Gasteiger partial charge in [0.25, 0.3) is 5.91 Å². The van der Waals surface area contributed by atoms with Crippen LogP contribution in [0, 0.1) is 0 Å². The molecule has 0 saturated carbocycles. The topological polar surface area (TPSA) is 76.7 Å². The number of benzene rings is 1. The first kappa shape index (κ1) is 8.71. The van der Waals surface area contributed by atoms with Crippen LogP contribution in [0.1, 0.15) is 5.56 Å². The number of carbonyl (C=O) groups excluding carboxylic acids is 1. The minimum atomic E-state index is -0.417. The van der Waals surface area contributed by atoms with Crippen molar-refractivity contribution in [3.05, 3.63) is 29.8 Å². The Morgan fingerprint density at radius 3 is 3.07 bits per heavy atom. The molecular weight excluding hydrogens is 182 g/mol. The highest BCUT2D eigenvalue weighted by Gasteiger charge is 2.18. The number of hydrogen-bond donors (Lipinski definition) is 2. The summed E-state index contributed by atoms with van der Waals surface area (Å²) in [7, 11) is 0. The van der Waals surface area contributed by atoms with Crippen molar-refractivity contribution in [1.29, 1.82) is 0 Å². The highest BCUT2D eigenvalue weighted by atomic mass is 16.6. The van der Waals surface area contributed by atoms with Gasteiger partial charge in [0.2, 0.25) is 0 Å². The maximum Gasteiger partial charge on any atom is 0.283 e. The number of fused-ring (bicyclic) bond motifs is 1. The second-order valence-electron chi connectivity index (χ2n) is 2.89. The molecule has 1 aliphatic rings. The van der Waals surface area contributed by atoms with Gasteiger partial charge in [-0.3, -0.25) is 10.2 Å². The molecule has 0 aromatic heterocycles. The van der Waals surface area contributed by atoms with E-state index in [2.05, 4.69) is 5.16 Å². The summed E-state index contributed by atoms with van der Waals surface area (Å²) >= 11 is 0. The van der Waals surface area contributed by atoms with Crippen LogP contribution >= 0.6 is 0 Å². The molecule has 0 aliphatic carbocycles. The average molecular weight is 191 g/mol. The number of rotatable bonds is 1. The van der Waals surface area contributed by atoms with Crippen LogP contribution in [0.15, 0.2) is 29.4 Å². The molecule has 72 valence electrons. The van der Waals surface area contributed by atoms with Gasteiger partial charge in [0.1, 0.15) is 0 Å². The number of nitrogens with zero attached hydrogens (tertiary/aromatic N) is 1. The number of hydrogen-bond acceptors (Lipinski definition) is 4. The predicted molar refractivity (Wildman–Crippen MR) is 50.5 cm³/mol. The summed E-state index contributed by atoms with van der Waals surface area (Å²) in [4.78, 5) is 16.2. The summed E-state index contributed by atoms with van der Waals surface area (Å²) in [6.45, 7) is 0. The molecule has 3 N–H and O–H groups in total. The third-order valence-corrected chi connectivity index (χ3v) is 1.98. The van der Waals surface area contributed by atoms with Crippen LogP contribution in [0.3, 0.4) is 0 Å². The summed E-state index contributed by atoms with van der Waals surface area (Å²) < 4.78 is 0. The van der Waals surface area contributed by atoms with Crippen LogP contribution in [0.25, 0.3) is 0 Å². The van der Waals surface area contributed by atoms with Gasteiger partial charge >= 0.3 is 0 Å². The molecule has 1 aromatic rings. The van der Waals surface area contributed by atoms with Crippen LogP contribution in [0.4, 0.5) is 0 Å². The molecule has 2 rings (SSSR count). The molecule has 5 nitrogen and oxygen atoms in total. The number of oxime groups is 1. The zero-order chi connectivity index (χ0) is 9.97. The van der Waals surface area contributed by atoms with Gasteiger partial charge in [0.15, 0.2) is 11.5 Å². The van der Waals surface area contributed by atoms with Crippen LogP contribution in [-0.2, 0) is 11.2 Å². The summed E-state index contributed by atoms with van der Waals surface area (Å²) in [6.07, 6.45) is 0.444.